The Bertz CT molecular complexity index is 1180. The molecule has 0 fully saturated rings. The molecule has 0 spiro atoms. The number of amides is 1. The van der Waals surface area contributed by atoms with Crippen LogP contribution in [0.25, 0.3) is 0 Å². The molecule has 3 aromatic carbocycles. The molecule has 1 aliphatic rings. The number of hydrogen-bond donors (Lipinski definition) is 2. The Morgan fingerprint density at radius 2 is 1.79 bits per heavy atom. The Morgan fingerprint density at radius 1 is 0.964 bits per heavy atom. The van der Waals surface area contributed by atoms with Gasteiger partial charge in [-0.25, -0.2) is 12.8 Å². The first-order chi connectivity index (χ1) is 13.4. The summed E-state index contributed by atoms with van der Waals surface area (Å²) >= 11 is 0. The van der Waals surface area contributed by atoms with Crippen LogP contribution in [0.4, 0.5) is 15.8 Å². The van der Waals surface area contributed by atoms with Crippen LogP contribution in [-0.4, -0.2) is 14.3 Å². The smallest absolute Gasteiger partial charge is 0.259 e. The first kappa shape index (κ1) is 18.0. The van der Waals surface area contributed by atoms with Gasteiger partial charge in [0.1, 0.15) is 11.6 Å². The molecule has 0 aromatic heterocycles. The minimum atomic E-state index is -3.80. The lowest BCUT2D eigenvalue weighted by atomic mass is 10.1. The predicted molar refractivity (Wildman–Crippen MR) is 104 cm³/mol. The average molecular weight is 398 g/mol. The van der Waals surface area contributed by atoms with Crippen LogP contribution < -0.4 is 14.8 Å². The highest BCUT2D eigenvalue weighted by molar-refractivity contribution is 7.91. The van der Waals surface area contributed by atoms with Crippen molar-refractivity contribution in [1.29, 1.82) is 0 Å². The van der Waals surface area contributed by atoms with Crippen molar-refractivity contribution in [2.24, 2.45) is 0 Å². The van der Waals surface area contributed by atoms with E-state index in [1.807, 2.05) is 0 Å². The van der Waals surface area contributed by atoms with Crippen LogP contribution in [0.1, 0.15) is 15.9 Å². The molecule has 1 aliphatic heterocycles. The molecule has 0 unspecified atom stereocenters. The van der Waals surface area contributed by atoms with E-state index in [-0.39, 0.29) is 11.3 Å². The fourth-order valence-corrected chi connectivity index (χ4v) is 4.07. The number of hydrogen-bond acceptors (Lipinski definition) is 4. The van der Waals surface area contributed by atoms with Crippen molar-refractivity contribution in [3.05, 3.63) is 83.7 Å². The minimum absolute atomic E-state index is 0.196. The summed E-state index contributed by atoms with van der Waals surface area (Å²) in [5.74, 6) is -0.502. The molecule has 1 amide bonds. The number of carbonyl (C=O) groups excluding carboxylic acids is 1. The number of rotatable bonds is 4. The van der Waals surface area contributed by atoms with Gasteiger partial charge in [0.2, 0.25) is 10.0 Å². The van der Waals surface area contributed by atoms with Gasteiger partial charge < -0.3 is 10.1 Å². The number of anilines is 2. The molecule has 6 nitrogen and oxygen atoms in total. The van der Waals surface area contributed by atoms with E-state index in [9.17, 15) is 17.6 Å². The Hall–Kier alpha value is -3.39. The van der Waals surface area contributed by atoms with Gasteiger partial charge in [0.25, 0.3) is 5.91 Å². The highest BCUT2D eigenvalue weighted by atomic mass is 32.2. The second-order valence-electron chi connectivity index (χ2n) is 6.25. The third-order valence-corrected chi connectivity index (χ3v) is 5.36. The third kappa shape index (κ3) is 3.81. The molecular weight excluding hydrogens is 383 g/mol. The number of ether oxygens (including phenoxy) is 1. The van der Waals surface area contributed by atoms with E-state index in [1.165, 1.54) is 36.4 Å². The first-order valence-electron chi connectivity index (χ1n) is 8.37. The van der Waals surface area contributed by atoms with Crippen molar-refractivity contribution in [2.75, 3.05) is 10.0 Å². The quantitative estimate of drug-likeness (QED) is 0.692. The SMILES string of the molecule is O=C1Nc2ccccc2Oc2ccc(NS(=O)(=O)Cc3cccc(F)c3)cc21. The van der Waals surface area contributed by atoms with E-state index in [0.29, 0.717) is 22.7 Å². The highest BCUT2D eigenvalue weighted by Gasteiger charge is 2.22. The number of nitrogens with one attached hydrogen (secondary N) is 2. The lowest BCUT2D eigenvalue weighted by Gasteiger charge is -2.11. The summed E-state index contributed by atoms with van der Waals surface area (Å²) in [4.78, 5) is 12.5. The van der Waals surface area contributed by atoms with Crippen molar-refractivity contribution in [3.8, 4) is 11.5 Å². The number of halogens is 1. The van der Waals surface area contributed by atoms with E-state index >= 15 is 0 Å². The van der Waals surface area contributed by atoms with Gasteiger partial charge in [-0.1, -0.05) is 24.3 Å². The summed E-state index contributed by atoms with van der Waals surface area (Å²) in [5, 5.41) is 2.73. The Kier molecular flexibility index (Phi) is 4.48. The van der Waals surface area contributed by atoms with E-state index in [1.54, 1.807) is 24.3 Å². The average Bonchev–Trinajstić information content (AvgIpc) is 2.77. The zero-order valence-corrected chi connectivity index (χ0v) is 15.3. The van der Waals surface area contributed by atoms with Gasteiger partial charge in [0, 0.05) is 5.69 Å². The van der Waals surface area contributed by atoms with Gasteiger partial charge in [-0.3, -0.25) is 9.52 Å². The van der Waals surface area contributed by atoms with Crippen LogP contribution in [0.2, 0.25) is 0 Å². The maximum Gasteiger partial charge on any atom is 0.259 e. The fraction of sp³-hybridized carbons (Fsp3) is 0.0500. The monoisotopic (exact) mass is 398 g/mol. The van der Waals surface area contributed by atoms with Crippen molar-refractivity contribution in [3.63, 3.8) is 0 Å². The number of para-hydroxylation sites is 2. The normalized spacial score (nSPS) is 12.8. The number of benzene rings is 3. The van der Waals surface area contributed by atoms with Gasteiger partial charge >= 0.3 is 0 Å². The first-order valence-corrected chi connectivity index (χ1v) is 10.0. The summed E-state index contributed by atoms with van der Waals surface area (Å²) in [6, 6.07) is 16.8. The molecule has 2 N–H and O–H groups in total. The lowest BCUT2D eigenvalue weighted by Crippen LogP contribution is -2.16. The van der Waals surface area contributed by atoms with Gasteiger partial charge in [0.05, 0.1) is 17.0 Å². The van der Waals surface area contributed by atoms with E-state index in [0.717, 1.165) is 6.07 Å². The molecule has 0 radical (unpaired) electrons. The maximum absolute atomic E-state index is 13.3. The van der Waals surface area contributed by atoms with Crippen LogP contribution in [-0.2, 0) is 15.8 Å². The van der Waals surface area contributed by atoms with Crippen molar-refractivity contribution < 1.29 is 22.3 Å². The van der Waals surface area contributed by atoms with Gasteiger partial charge in [-0.05, 0) is 48.0 Å². The summed E-state index contributed by atoms with van der Waals surface area (Å²) in [6.45, 7) is 0. The van der Waals surface area contributed by atoms with Gasteiger partial charge in [-0.2, -0.15) is 0 Å². The molecule has 3 aromatic rings. The second-order valence-corrected chi connectivity index (χ2v) is 7.98. The molecule has 28 heavy (non-hydrogen) atoms. The Balaban J connectivity index is 1.59. The molecule has 0 saturated carbocycles. The van der Waals surface area contributed by atoms with E-state index in [4.69, 9.17) is 4.74 Å². The molecular formula is C20H15FN2O4S. The third-order valence-electron chi connectivity index (χ3n) is 4.10. The van der Waals surface area contributed by atoms with Crippen molar-refractivity contribution in [2.45, 2.75) is 5.75 Å². The molecule has 0 atom stereocenters. The standard InChI is InChI=1S/C20H15FN2O4S/c21-14-5-3-4-13(10-14)12-28(25,26)23-15-8-9-18-16(11-15)20(24)22-17-6-1-2-7-19(17)27-18/h1-11,23H,12H2,(H,22,24). The lowest BCUT2D eigenvalue weighted by molar-refractivity contribution is 0.102. The summed E-state index contributed by atoms with van der Waals surface area (Å²) < 4.78 is 46.3. The second kappa shape index (κ2) is 6.97. The van der Waals surface area contributed by atoms with Crippen molar-refractivity contribution >= 4 is 27.3 Å². The van der Waals surface area contributed by atoms with Crippen LogP contribution in [0, 0.1) is 5.82 Å². The summed E-state index contributed by atoms with van der Waals surface area (Å²) in [5.41, 5.74) is 1.25. The molecule has 142 valence electrons. The molecule has 4 rings (SSSR count). The Morgan fingerprint density at radius 3 is 2.61 bits per heavy atom. The van der Waals surface area contributed by atoms with E-state index in [2.05, 4.69) is 10.0 Å². The Labute approximate surface area is 161 Å². The number of sulfonamides is 1. The highest BCUT2D eigenvalue weighted by Crippen LogP contribution is 2.36. The van der Waals surface area contributed by atoms with Crippen LogP contribution >= 0.6 is 0 Å². The number of fused-ring (bicyclic) bond motifs is 2. The van der Waals surface area contributed by atoms with Crippen LogP contribution in [0.15, 0.2) is 66.7 Å². The predicted octanol–water partition coefficient (Wildman–Crippen LogP) is 4.13. The van der Waals surface area contributed by atoms with E-state index < -0.39 is 27.5 Å². The molecule has 1 heterocycles. The molecule has 8 heteroatoms. The van der Waals surface area contributed by atoms with Gasteiger partial charge in [-0.15, -0.1) is 0 Å². The molecule has 0 bridgehead atoms. The molecule has 0 saturated heterocycles. The van der Waals surface area contributed by atoms with Crippen molar-refractivity contribution in [1.82, 2.24) is 0 Å². The fourth-order valence-electron chi connectivity index (χ4n) is 2.89. The van der Waals surface area contributed by atoms with Gasteiger partial charge in [0.15, 0.2) is 5.75 Å². The van der Waals surface area contributed by atoms with Crippen LogP contribution in [0.5, 0.6) is 11.5 Å². The van der Waals surface area contributed by atoms with Crippen LogP contribution in [0.3, 0.4) is 0 Å². The zero-order valence-electron chi connectivity index (χ0n) is 14.5. The zero-order chi connectivity index (χ0) is 19.7. The largest absolute Gasteiger partial charge is 0.454 e. The minimum Gasteiger partial charge on any atom is -0.454 e. The number of carbonyl (C=O) groups is 1. The molecule has 0 aliphatic carbocycles. The topological polar surface area (TPSA) is 84.5 Å². The maximum atomic E-state index is 13.3. The summed E-state index contributed by atoms with van der Waals surface area (Å²) in [6.07, 6.45) is 0. The summed E-state index contributed by atoms with van der Waals surface area (Å²) in [7, 11) is -3.80.